The Morgan fingerprint density at radius 3 is 2.35 bits per heavy atom. The van der Waals surface area contributed by atoms with E-state index in [1.54, 1.807) is 35.2 Å². The Hall–Kier alpha value is -3.11. The summed E-state index contributed by atoms with van der Waals surface area (Å²) < 4.78 is 39.6. The maximum absolute atomic E-state index is 13.1. The fourth-order valence-corrected chi connectivity index (χ4v) is 6.15. The number of benzene rings is 2. The highest BCUT2D eigenvalue weighted by atomic mass is 32.2. The fraction of sp³-hybridized carbons (Fsp3) is 0.417. The van der Waals surface area contributed by atoms with Crippen molar-refractivity contribution >= 4 is 27.5 Å². The van der Waals surface area contributed by atoms with Crippen molar-refractivity contribution in [2.45, 2.75) is 43.3 Å². The van der Waals surface area contributed by atoms with Gasteiger partial charge in [0.05, 0.1) is 4.90 Å². The number of amides is 2. The van der Waals surface area contributed by atoms with E-state index in [4.69, 9.17) is 9.47 Å². The highest BCUT2D eigenvalue weighted by Gasteiger charge is 2.44. The number of fused-ring (bicyclic) bond motifs is 1. The molecule has 5 rings (SSSR count). The van der Waals surface area contributed by atoms with Crippen molar-refractivity contribution in [1.82, 2.24) is 9.21 Å². The molecule has 0 radical (unpaired) electrons. The quantitative estimate of drug-likeness (QED) is 0.714. The number of carbonyl (C=O) groups is 2. The van der Waals surface area contributed by atoms with Gasteiger partial charge in [0.15, 0.2) is 11.5 Å². The van der Waals surface area contributed by atoms with Gasteiger partial charge in [-0.1, -0.05) is 6.07 Å². The Kier molecular flexibility index (Phi) is 5.73. The number of anilines is 1. The number of hydrogen-bond donors (Lipinski definition) is 1. The molecule has 1 saturated carbocycles. The molecular weight excluding hydrogens is 458 g/mol. The lowest BCUT2D eigenvalue weighted by molar-refractivity contribution is -0.129. The Morgan fingerprint density at radius 1 is 0.941 bits per heavy atom. The molecule has 0 aromatic heterocycles. The number of ether oxygens (including phenoxy) is 2. The largest absolute Gasteiger partial charge is 0.448 e. The van der Waals surface area contributed by atoms with Crippen LogP contribution in [0.2, 0.25) is 0 Å². The van der Waals surface area contributed by atoms with E-state index >= 15 is 0 Å². The van der Waals surface area contributed by atoms with Gasteiger partial charge in [-0.25, -0.2) is 8.42 Å². The maximum Gasteiger partial charge on any atom is 0.255 e. The molecule has 34 heavy (non-hydrogen) atoms. The Labute approximate surface area is 198 Å². The minimum absolute atomic E-state index is 0.0466. The molecule has 1 aliphatic carbocycles. The zero-order valence-corrected chi connectivity index (χ0v) is 19.8. The molecule has 180 valence electrons. The molecule has 2 aromatic rings. The maximum atomic E-state index is 13.1. The third-order valence-corrected chi connectivity index (χ3v) is 8.47. The second-order valence-electron chi connectivity index (χ2n) is 8.88. The summed E-state index contributed by atoms with van der Waals surface area (Å²) in [6.07, 6.45) is 3.80. The minimum atomic E-state index is -3.78. The van der Waals surface area contributed by atoms with E-state index < -0.39 is 21.7 Å². The lowest BCUT2D eigenvalue weighted by atomic mass is 10.2. The van der Waals surface area contributed by atoms with Crippen molar-refractivity contribution in [3.05, 3.63) is 48.0 Å². The van der Waals surface area contributed by atoms with Gasteiger partial charge in [-0.15, -0.1) is 0 Å². The molecule has 0 bridgehead atoms. The molecule has 9 nitrogen and oxygen atoms in total. The third-order valence-electron chi connectivity index (χ3n) is 6.58. The zero-order chi connectivity index (χ0) is 23.9. The number of piperazine rings is 1. The molecule has 0 unspecified atom stereocenters. The van der Waals surface area contributed by atoms with Crippen molar-refractivity contribution in [2.24, 2.45) is 0 Å². The number of sulfonamides is 1. The highest BCUT2D eigenvalue weighted by Crippen LogP contribution is 2.47. The third kappa shape index (κ3) is 4.23. The van der Waals surface area contributed by atoms with Crippen LogP contribution in [0.25, 0.3) is 0 Å². The van der Waals surface area contributed by atoms with Crippen LogP contribution in [-0.2, 0) is 14.8 Å². The summed E-state index contributed by atoms with van der Waals surface area (Å²) in [7, 11) is -3.78. The van der Waals surface area contributed by atoms with Crippen LogP contribution in [0.3, 0.4) is 0 Å². The topological polar surface area (TPSA) is 105 Å². The molecule has 10 heteroatoms. The summed E-state index contributed by atoms with van der Waals surface area (Å²) in [4.78, 5) is 26.1. The van der Waals surface area contributed by atoms with Gasteiger partial charge in [0.2, 0.25) is 15.9 Å². The van der Waals surface area contributed by atoms with E-state index in [0.29, 0.717) is 30.3 Å². The van der Waals surface area contributed by atoms with Crippen LogP contribution in [0.15, 0.2) is 47.4 Å². The van der Waals surface area contributed by atoms with Gasteiger partial charge in [0.1, 0.15) is 0 Å². The van der Waals surface area contributed by atoms with Gasteiger partial charge < -0.3 is 19.7 Å². The Balaban J connectivity index is 1.29. The van der Waals surface area contributed by atoms with Crippen LogP contribution in [0.4, 0.5) is 5.69 Å². The normalized spacial score (nSPS) is 19.4. The van der Waals surface area contributed by atoms with Crippen molar-refractivity contribution in [3.63, 3.8) is 0 Å². The second-order valence-corrected chi connectivity index (χ2v) is 10.8. The predicted octanol–water partition coefficient (Wildman–Crippen LogP) is 2.83. The van der Waals surface area contributed by atoms with Crippen LogP contribution in [0.5, 0.6) is 11.5 Å². The number of nitrogens with one attached hydrogen (secondary N) is 1. The summed E-state index contributed by atoms with van der Waals surface area (Å²) in [6, 6.07) is 11.2. The van der Waals surface area contributed by atoms with E-state index in [1.165, 1.54) is 23.4 Å². The highest BCUT2D eigenvalue weighted by molar-refractivity contribution is 7.89. The van der Waals surface area contributed by atoms with Gasteiger partial charge in [-0.3, -0.25) is 9.59 Å². The number of nitrogens with zero attached hydrogens (tertiary/aromatic N) is 2. The second kappa shape index (κ2) is 8.59. The number of rotatable bonds is 4. The van der Waals surface area contributed by atoms with E-state index in [9.17, 15) is 18.0 Å². The van der Waals surface area contributed by atoms with Gasteiger partial charge in [-0.05, 0) is 43.2 Å². The molecule has 1 N–H and O–H groups in total. The van der Waals surface area contributed by atoms with Gasteiger partial charge >= 0.3 is 0 Å². The first-order chi connectivity index (χ1) is 16.3. The standard InChI is InChI=1S/C24H27N3O6S/c1-17(28)26-11-13-27(14-12-26)34(30,31)20-6-4-5-18(15-20)23(29)25-19-7-8-21-22(16-19)33-24(32-21)9-2-3-10-24/h4-8,15-16H,2-3,9-14H2,1H3,(H,25,29). The van der Waals surface area contributed by atoms with Crippen molar-refractivity contribution in [1.29, 1.82) is 0 Å². The molecule has 2 fully saturated rings. The van der Waals surface area contributed by atoms with Crippen LogP contribution in [0.1, 0.15) is 43.0 Å². The van der Waals surface area contributed by atoms with Crippen molar-refractivity contribution in [2.75, 3.05) is 31.5 Å². The van der Waals surface area contributed by atoms with Crippen LogP contribution in [0, 0.1) is 0 Å². The van der Waals surface area contributed by atoms with E-state index in [2.05, 4.69) is 5.32 Å². The Morgan fingerprint density at radius 2 is 1.65 bits per heavy atom. The average molecular weight is 486 g/mol. The van der Waals surface area contributed by atoms with Crippen molar-refractivity contribution in [3.8, 4) is 11.5 Å². The molecule has 2 aromatic carbocycles. The summed E-state index contributed by atoms with van der Waals surface area (Å²) in [5, 5.41) is 2.82. The molecular formula is C24H27N3O6S. The van der Waals surface area contributed by atoms with E-state index in [-0.39, 0.29) is 29.5 Å². The first-order valence-corrected chi connectivity index (χ1v) is 12.9. The lowest BCUT2D eigenvalue weighted by Gasteiger charge is -2.33. The van der Waals surface area contributed by atoms with E-state index in [0.717, 1.165) is 25.7 Å². The van der Waals surface area contributed by atoms with Crippen molar-refractivity contribution < 1.29 is 27.5 Å². The number of carbonyl (C=O) groups excluding carboxylic acids is 2. The smallest absolute Gasteiger partial charge is 0.255 e. The van der Waals surface area contributed by atoms with Crippen LogP contribution < -0.4 is 14.8 Å². The summed E-state index contributed by atoms with van der Waals surface area (Å²) in [5.74, 6) is 0.188. The molecule has 2 amide bonds. The summed E-state index contributed by atoms with van der Waals surface area (Å²) >= 11 is 0. The first kappa shape index (κ1) is 22.7. The SMILES string of the molecule is CC(=O)N1CCN(S(=O)(=O)c2cccc(C(=O)Nc3ccc4c(c3)OC3(CCCC3)O4)c2)CC1. The molecule has 1 saturated heterocycles. The summed E-state index contributed by atoms with van der Waals surface area (Å²) in [5.41, 5.74) is 0.768. The van der Waals surface area contributed by atoms with E-state index in [1.807, 2.05) is 0 Å². The summed E-state index contributed by atoms with van der Waals surface area (Å²) in [6.45, 7) is 2.60. The first-order valence-electron chi connectivity index (χ1n) is 11.4. The Bertz CT molecular complexity index is 1230. The molecule has 0 atom stereocenters. The molecule has 2 aliphatic heterocycles. The van der Waals surface area contributed by atoms with Crippen LogP contribution in [-0.4, -0.2) is 61.4 Å². The zero-order valence-electron chi connectivity index (χ0n) is 19.0. The molecule has 1 spiro atoms. The number of hydrogen-bond acceptors (Lipinski definition) is 6. The minimum Gasteiger partial charge on any atom is -0.448 e. The monoisotopic (exact) mass is 485 g/mol. The lowest BCUT2D eigenvalue weighted by Crippen LogP contribution is -2.49. The average Bonchev–Trinajstić information content (AvgIpc) is 3.44. The van der Waals surface area contributed by atoms with Crippen LogP contribution >= 0.6 is 0 Å². The predicted molar refractivity (Wildman–Crippen MR) is 124 cm³/mol. The molecule has 2 heterocycles. The molecule has 3 aliphatic rings. The fourth-order valence-electron chi connectivity index (χ4n) is 4.68. The van der Waals surface area contributed by atoms with Gasteiger partial charge in [0, 0.05) is 63.3 Å². The van der Waals surface area contributed by atoms with Gasteiger partial charge in [0.25, 0.3) is 11.7 Å². The van der Waals surface area contributed by atoms with Gasteiger partial charge in [-0.2, -0.15) is 4.31 Å².